The summed E-state index contributed by atoms with van der Waals surface area (Å²) < 4.78 is 11.0. The van der Waals surface area contributed by atoms with Crippen molar-refractivity contribution in [1.29, 1.82) is 0 Å². The van der Waals surface area contributed by atoms with E-state index < -0.39 is 0 Å². The molecule has 7 nitrogen and oxygen atoms in total. The number of para-hydroxylation sites is 1. The standard InChI is InChI=1S/C21H24N4O3/c1-3-12-22-21(26)15-8-7-9-16(13-15)23-14-19-24-20(25-28-19)17-10-5-6-11-18(17)27-4-2/h5-11,13,23H,3-4,12,14H2,1-2H3,(H,22,26). The van der Waals surface area contributed by atoms with Crippen LogP contribution in [0.2, 0.25) is 0 Å². The SMILES string of the molecule is CCCNC(=O)c1cccc(NCc2nc(-c3ccccc3OCC)no2)c1. The zero-order chi connectivity index (χ0) is 19.8. The highest BCUT2D eigenvalue weighted by molar-refractivity contribution is 5.95. The maximum absolute atomic E-state index is 12.1. The first-order chi connectivity index (χ1) is 13.7. The van der Waals surface area contributed by atoms with Gasteiger partial charge in [-0.15, -0.1) is 0 Å². The normalized spacial score (nSPS) is 10.5. The summed E-state index contributed by atoms with van der Waals surface area (Å²) >= 11 is 0. The Morgan fingerprint density at radius 2 is 2.00 bits per heavy atom. The first kappa shape index (κ1) is 19.4. The second-order valence-corrected chi connectivity index (χ2v) is 6.13. The Morgan fingerprint density at radius 1 is 1.14 bits per heavy atom. The second kappa shape index (κ2) is 9.55. The van der Waals surface area contributed by atoms with E-state index in [1.165, 1.54) is 0 Å². The van der Waals surface area contributed by atoms with E-state index in [1.54, 1.807) is 12.1 Å². The summed E-state index contributed by atoms with van der Waals surface area (Å²) in [5, 5.41) is 10.1. The minimum absolute atomic E-state index is 0.0851. The highest BCUT2D eigenvalue weighted by Crippen LogP contribution is 2.27. The molecule has 0 unspecified atom stereocenters. The number of aromatic nitrogens is 2. The van der Waals surface area contributed by atoms with Crippen molar-refractivity contribution in [3.05, 3.63) is 60.0 Å². The van der Waals surface area contributed by atoms with E-state index in [1.807, 2.05) is 50.2 Å². The molecule has 1 amide bonds. The quantitative estimate of drug-likeness (QED) is 0.585. The summed E-state index contributed by atoms with van der Waals surface area (Å²) in [5.41, 5.74) is 2.20. The summed E-state index contributed by atoms with van der Waals surface area (Å²) in [7, 11) is 0. The second-order valence-electron chi connectivity index (χ2n) is 6.13. The number of ether oxygens (including phenoxy) is 1. The van der Waals surface area contributed by atoms with E-state index in [0.717, 1.165) is 23.4 Å². The third-order valence-electron chi connectivity index (χ3n) is 4.00. The minimum Gasteiger partial charge on any atom is -0.493 e. The highest BCUT2D eigenvalue weighted by atomic mass is 16.5. The van der Waals surface area contributed by atoms with Gasteiger partial charge in [0.2, 0.25) is 11.7 Å². The van der Waals surface area contributed by atoms with Gasteiger partial charge in [0, 0.05) is 17.8 Å². The van der Waals surface area contributed by atoms with Crippen molar-refractivity contribution in [2.24, 2.45) is 0 Å². The number of carbonyl (C=O) groups is 1. The molecule has 3 rings (SSSR count). The van der Waals surface area contributed by atoms with Crippen molar-refractivity contribution < 1.29 is 14.1 Å². The molecular weight excluding hydrogens is 356 g/mol. The van der Waals surface area contributed by atoms with E-state index >= 15 is 0 Å². The third-order valence-corrected chi connectivity index (χ3v) is 4.00. The Kier molecular flexibility index (Phi) is 6.62. The molecule has 0 atom stereocenters. The lowest BCUT2D eigenvalue weighted by Gasteiger charge is -2.07. The average Bonchev–Trinajstić information content (AvgIpc) is 3.20. The molecule has 146 valence electrons. The van der Waals surface area contributed by atoms with E-state index in [0.29, 0.717) is 37.0 Å². The topological polar surface area (TPSA) is 89.3 Å². The maximum atomic E-state index is 12.1. The first-order valence-electron chi connectivity index (χ1n) is 9.38. The van der Waals surface area contributed by atoms with Crippen molar-refractivity contribution in [1.82, 2.24) is 15.5 Å². The van der Waals surface area contributed by atoms with Gasteiger partial charge in [0.05, 0.1) is 18.7 Å². The molecule has 0 saturated heterocycles. The molecular formula is C21H24N4O3. The van der Waals surface area contributed by atoms with Gasteiger partial charge >= 0.3 is 0 Å². The number of hydrogen-bond acceptors (Lipinski definition) is 6. The fourth-order valence-corrected chi connectivity index (χ4v) is 2.66. The number of hydrogen-bond donors (Lipinski definition) is 2. The lowest BCUT2D eigenvalue weighted by molar-refractivity contribution is 0.0953. The van der Waals surface area contributed by atoms with Crippen molar-refractivity contribution >= 4 is 11.6 Å². The van der Waals surface area contributed by atoms with Gasteiger partial charge in [-0.3, -0.25) is 4.79 Å². The van der Waals surface area contributed by atoms with E-state index in [9.17, 15) is 4.79 Å². The minimum atomic E-state index is -0.0851. The molecule has 1 aromatic heterocycles. The molecule has 28 heavy (non-hydrogen) atoms. The molecule has 0 bridgehead atoms. The van der Waals surface area contributed by atoms with Crippen LogP contribution in [0.1, 0.15) is 36.5 Å². The molecule has 0 saturated carbocycles. The molecule has 0 aliphatic carbocycles. The number of nitrogens with zero attached hydrogens (tertiary/aromatic N) is 2. The van der Waals surface area contributed by atoms with Crippen LogP contribution >= 0.6 is 0 Å². The molecule has 2 N–H and O–H groups in total. The molecule has 0 fully saturated rings. The first-order valence-corrected chi connectivity index (χ1v) is 9.38. The fourth-order valence-electron chi connectivity index (χ4n) is 2.66. The third kappa shape index (κ3) is 4.88. The molecule has 3 aromatic rings. The number of anilines is 1. The Bertz CT molecular complexity index is 923. The predicted octanol–water partition coefficient (Wildman–Crippen LogP) is 3.89. The maximum Gasteiger partial charge on any atom is 0.251 e. The fraction of sp³-hybridized carbons (Fsp3) is 0.286. The van der Waals surface area contributed by atoms with E-state index in [-0.39, 0.29) is 5.91 Å². The van der Waals surface area contributed by atoms with Crippen molar-refractivity contribution in [3.8, 4) is 17.1 Å². The van der Waals surface area contributed by atoms with Gasteiger partial charge in [-0.05, 0) is 43.7 Å². The van der Waals surface area contributed by atoms with Crippen LogP contribution in [0, 0.1) is 0 Å². The van der Waals surface area contributed by atoms with Gasteiger partial charge in [-0.2, -0.15) is 4.98 Å². The van der Waals surface area contributed by atoms with E-state index in [4.69, 9.17) is 9.26 Å². The number of amides is 1. The van der Waals surface area contributed by atoms with Gasteiger partial charge in [0.1, 0.15) is 5.75 Å². The summed E-state index contributed by atoms with van der Waals surface area (Å²) in [6, 6.07) is 14.9. The van der Waals surface area contributed by atoms with Gasteiger partial charge < -0.3 is 19.9 Å². The van der Waals surface area contributed by atoms with Gasteiger partial charge in [-0.1, -0.05) is 30.3 Å². The van der Waals surface area contributed by atoms with Crippen molar-refractivity contribution in [2.75, 3.05) is 18.5 Å². The molecule has 0 radical (unpaired) electrons. The van der Waals surface area contributed by atoms with Gasteiger partial charge in [0.25, 0.3) is 5.91 Å². The van der Waals surface area contributed by atoms with Crippen LogP contribution in [-0.2, 0) is 6.54 Å². The highest BCUT2D eigenvalue weighted by Gasteiger charge is 2.13. The predicted molar refractivity (Wildman–Crippen MR) is 107 cm³/mol. The van der Waals surface area contributed by atoms with Crippen LogP contribution in [-0.4, -0.2) is 29.2 Å². The number of carbonyl (C=O) groups excluding carboxylic acids is 1. The Hall–Kier alpha value is -3.35. The average molecular weight is 380 g/mol. The van der Waals surface area contributed by atoms with E-state index in [2.05, 4.69) is 20.8 Å². The van der Waals surface area contributed by atoms with Gasteiger partial charge in [0.15, 0.2) is 0 Å². The lowest BCUT2D eigenvalue weighted by atomic mass is 10.2. The Morgan fingerprint density at radius 3 is 2.82 bits per heavy atom. The van der Waals surface area contributed by atoms with Crippen LogP contribution < -0.4 is 15.4 Å². The van der Waals surface area contributed by atoms with Crippen molar-refractivity contribution in [2.45, 2.75) is 26.8 Å². The molecule has 0 aliphatic heterocycles. The number of nitrogens with one attached hydrogen (secondary N) is 2. The summed E-state index contributed by atoms with van der Waals surface area (Å²) in [4.78, 5) is 16.5. The lowest BCUT2D eigenvalue weighted by Crippen LogP contribution is -2.23. The van der Waals surface area contributed by atoms with Crippen molar-refractivity contribution in [3.63, 3.8) is 0 Å². The number of benzene rings is 2. The summed E-state index contributed by atoms with van der Waals surface area (Å²) in [5.74, 6) is 1.56. The van der Waals surface area contributed by atoms with Crippen LogP contribution in [0.5, 0.6) is 5.75 Å². The zero-order valence-corrected chi connectivity index (χ0v) is 16.1. The summed E-state index contributed by atoms with van der Waals surface area (Å²) in [6.45, 7) is 5.52. The Labute approximate surface area is 164 Å². The molecule has 7 heteroatoms. The zero-order valence-electron chi connectivity index (χ0n) is 16.1. The molecule has 0 spiro atoms. The van der Waals surface area contributed by atoms with Gasteiger partial charge in [-0.25, -0.2) is 0 Å². The smallest absolute Gasteiger partial charge is 0.251 e. The molecule has 2 aromatic carbocycles. The summed E-state index contributed by atoms with van der Waals surface area (Å²) in [6.07, 6.45) is 0.898. The van der Waals surface area contributed by atoms with Crippen LogP contribution in [0.4, 0.5) is 5.69 Å². The van der Waals surface area contributed by atoms with Crippen LogP contribution in [0.15, 0.2) is 53.1 Å². The molecule has 0 aliphatic rings. The molecule has 1 heterocycles. The monoisotopic (exact) mass is 380 g/mol. The largest absolute Gasteiger partial charge is 0.493 e. The Balaban J connectivity index is 1.66. The number of rotatable bonds is 9. The van der Waals surface area contributed by atoms with Crippen LogP contribution in [0.3, 0.4) is 0 Å². The van der Waals surface area contributed by atoms with Crippen LogP contribution in [0.25, 0.3) is 11.4 Å².